The van der Waals surface area contributed by atoms with Crippen LogP contribution in [0.5, 0.6) is 0 Å². The van der Waals surface area contributed by atoms with Crippen molar-refractivity contribution in [2.45, 2.75) is 26.4 Å². The molecule has 82 valence electrons. The van der Waals surface area contributed by atoms with Crippen LogP contribution >= 0.6 is 0 Å². The second kappa shape index (κ2) is 5.51. The molecule has 0 saturated carbocycles. The molecule has 1 aromatic carbocycles. The largest absolute Gasteiger partial charge is 0.480 e. The van der Waals surface area contributed by atoms with E-state index in [9.17, 15) is 4.79 Å². The molecule has 0 radical (unpaired) electrons. The van der Waals surface area contributed by atoms with Gasteiger partial charge in [0.2, 0.25) is 0 Å². The van der Waals surface area contributed by atoms with Crippen molar-refractivity contribution in [1.82, 2.24) is 5.32 Å². The molecule has 1 atom stereocenters. The highest BCUT2D eigenvalue weighted by atomic mass is 16.4. The molecule has 1 rings (SSSR count). The summed E-state index contributed by atoms with van der Waals surface area (Å²) in [5.74, 6) is -0.702. The first-order valence-corrected chi connectivity index (χ1v) is 5.11. The van der Waals surface area contributed by atoms with Crippen molar-refractivity contribution >= 4 is 5.97 Å². The molecule has 0 aliphatic rings. The number of hydrogen-bond donors (Lipinski definition) is 2. The molecule has 15 heavy (non-hydrogen) atoms. The molecule has 0 aliphatic carbocycles. The Morgan fingerprint density at radius 1 is 1.33 bits per heavy atom. The van der Waals surface area contributed by atoms with Crippen LogP contribution < -0.4 is 5.32 Å². The van der Waals surface area contributed by atoms with Gasteiger partial charge in [0.25, 0.3) is 0 Å². The van der Waals surface area contributed by atoms with Crippen molar-refractivity contribution in [2.24, 2.45) is 5.92 Å². The van der Waals surface area contributed by atoms with Gasteiger partial charge in [-0.25, -0.2) is 0 Å². The Hall–Kier alpha value is -1.35. The van der Waals surface area contributed by atoms with Crippen LogP contribution in [0.15, 0.2) is 30.3 Å². The van der Waals surface area contributed by atoms with Crippen molar-refractivity contribution in [3.05, 3.63) is 35.9 Å². The maximum atomic E-state index is 10.9. The zero-order valence-corrected chi connectivity index (χ0v) is 9.10. The molecular weight excluding hydrogens is 190 g/mol. The van der Waals surface area contributed by atoms with Crippen LogP contribution in [0.4, 0.5) is 0 Å². The molecule has 1 aromatic rings. The Morgan fingerprint density at radius 2 is 1.93 bits per heavy atom. The highest BCUT2D eigenvalue weighted by Gasteiger charge is 2.20. The van der Waals surface area contributed by atoms with Gasteiger partial charge in [-0.3, -0.25) is 4.79 Å². The Morgan fingerprint density at radius 3 is 2.40 bits per heavy atom. The van der Waals surface area contributed by atoms with Gasteiger partial charge in [-0.05, 0) is 11.5 Å². The first-order valence-electron chi connectivity index (χ1n) is 5.11. The third-order valence-corrected chi connectivity index (χ3v) is 2.30. The summed E-state index contributed by atoms with van der Waals surface area (Å²) in [5.41, 5.74) is 1.10. The number of nitrogens with one attached hydrogen (secondary N) is 1. The second-order valence-electron chi connectivity index (χ2n) is 3.93. The van der Waals surface area contributed by atoms with Gasteiger partial charge in [-0.15, -0.1) is 0 Å². The number of carboxylic acid groups (broad SMARTS) is 1. The van der Waals surface area contributed by atoms with Gasteiger partial charge in [-0.2, -0.15) is 0 Å². The van der Waals surface area contributed by atoms with Crippen LogP contribution in [0.25, 0.3) is 0 Å². The van der Waals surface area contributed by atoms with E-state index in [4.69, 9.17) is 5.11 Å². The summed E-state index contributed by atoms with van der Waals surface area (Å²) >= 11 is 0. The van der Waals surface area contributed by atoms with Crippen molar-refractivity contribution in [3.63, 3.8) is 0 Å². The number of carboxylic acids is 1. The van der Waals surface area contributed by atoms with E-state index in [2.05, 4.69) is 5.32 Å². The average molecular weight is 207 g/mol. The summed E-state index contributed by atoms with van der Waals surface area (Å²) in [6.45, 7) is 4.39. The topological polar surface area (TPSA) is 49.3 Å². The highest BCUT2D eigenvalue weighted by Crippen LogP contribution is 2.04. The number of hydrogen-bond acceptors (Lipinski definition) is 2. The first kappa shape index (κ1) is 11.7. The summed E-state index contributed by atoms with van der Waals surface area (Å²) in [6.07, 6.45) is 0. The lowest BCUT2D eigenvalue weighted by atomic mass is 10.0. The van der Waals surface area contributed by atoms with Gasteiger partial charge in [0, 0.05) is 6.54 Å². The van der Waals surface area contributed by atoms with Crippen molar-refractivity contribution in [2.75, 3.05) is 0 Å². The SMILES string of the molecule is CC(C)[C@@H](NCc1ccccc1)C(=O)O. The monoisotopic (exact) mass is 207 g/mol. The molecule has 0 fully saturated rings. The zero-order chi connectivity index (χ0) is 11.3. The van der Waals surface area contributed by atoms with Gasteiger partial charge in [0.1, 0.15) is 6.04 Å². The van der Waals surface area contributed by atoms with E-state index in [1.54, 1.807) is 0 Å². The minimum Gasteiger partial charge on any atom is -0.480 e. The maximum Gasteiger partial charge on any atom is 0.320 e. The predicted octanol–water partition coefficient (Wildman–Crippen LogP) is 1.89. The fourth-order valence-corrected chi connectivity index (χ4v) is 1.43. The van der Waals surface area contributed by atoms with Gasteiger partial charge in [-0.1, -0.05) is 44.2 Å². The van der Waals surface area contributed by atoms with E-state index in [1.165, 1.54) is 0 Å². The molecule has 0 aromatic heterocycles. The van der Waals surface area contributed by atoms with Gasteiger partial charge < -0.3 is 10.4 Å². The Kier molecular flexibility index (Phi) is 4.31. The third kappa shape index (κ3) is 3.72. The molecule has 3 heteroatoms. The summed E-state index contributed by atoms with van der Waals surface area (Å²) in [4.78, 5) is 10.9. The maximum absolute atomic E-state index is 10.9. The minimum absolute atomic E-state index is 0.0891. The van der Waals surface area contributed by atoms with E-state index in [0.29, 0.717) is 6.54 Å². The fourth-order valence-electron chi connectivity index (χ4n) is 1.43. The molecule has 0 spiro atoms. The van der Waals surface area contributed by atoms with Crippen LogP contribution in [0.3, 0.4) is 0 Å². The molecule has 0 aliphatic heterocycles. The van der Waals surface area contributed by atoms with Crippen LogP contribution in [0.1, 0.15) is 19.4 Å². The van der Waals surface area contributed by atoms with E-state index >= 15 is 0 Å². The smallest absolute Gasteiger partial charge is 0.320 e. The summed E-state index contributed by atoms with van der Waals surface area (Å²) in [5, 5.41) is 12.0. The molecule has 0 amide bonds. The third-order valence-electron chi connectivity index (χ3n) is 2.30. The van der Waals surface area contributed by atoms with Crippen LogP contribution in [0, 0.1) is 5.92 Å². The second-order valence-corrected chi connectivity index (χ2v) is 3.93. The quantitative estimate of drug-likeness (QED) is 0.775. The molecule has 0 heterocycles. The summed E-state index contributed by atoms with van der Waals surface area (Å²) in [7, 11) is 0. The van der Waals surface area contributed by atoms with Gasteiger partial charge >= 0.3 is 5.97 Å². The lowest BCUT2D eigenvalue weighted by molar-refractivity contribution is -0.140. The fraction of sp³-hybridized carbons (Fsp3) is 0.417. The molecular formula is C12H17NO2. The van der Waals surface area contributed by atoms with E-state index in [-0.39, 0.29) is 5.92 Å². The summed E-state index contributed by atoms with van der Waals surface area (Å²) < 4.78 is 0. The lowest BCUT2D eigenvalue weighted by Gasteiger charge is -2.17. The Balaban J connectivity index is 2.51. The standard InChI is InChI=1S/C12H17NO2/c1-9(2)11(12(14)15)13-8-10-6-4-3-5-7-10/h3-7,9,11,13H,8H2,1-2H3,(H,14,15)/t11-/m1/s1. The first-order chi connectivity index (χ1) is 7.11. The number of benzene rings is 1. The molecule has 2 N–H and O–H groups in total. The van der Waals surface area contributed by atoms with Crippen LogP contribution in [0.2, 0.25) is 0 Å². The molecule has 0 saturated heterocycles. The van der Waals surface area contributed by atoms with E-state index in [0.717, 1.165) is 5.56 Å². The van der Waals surface area contributed by atoms with Crippen LogP contribution in [-0.2, 0) is 11.3 Å². The molecule has 0 bridgehead atoms. The zero-order valence-electron chi connectivity index (χ0n) is 9.10. The Bertz CT molecular complexity index is 309. The predicted molar refractivity (Wildman–Crippen MR) is 59.5 cm³/mol. The average Bonchev–Trinajstić information content (AvgIpc) is 2.18. The normalized spacial score (nSPS) is 12.7. The molecule has 3 nitrogen and oxygen atoms in total. The number of aliphatic carboxylic acids is 1. The number of carbonyl (C=O) groups is 1. The Labute approximate surface area is 90.1 Å². The van der Waals surface area contributed by atoms with Crippen LogP contribution in [-0.4, -0.2) is 17.1 Å². The van der Waals surface area contributed by atoms with E-state index in [1.807, 2.05) is 44.2 Å². The van der Waals surface area contributed by atoms with Gasteiger partial charge in [0.05, 0.1) is 0 Å². The highest BCUT2D eigenvalue weighted by molar-refractivity contribution is 5.73. The van der Waals surface area contributed by atoms with Gasteiger partial charge in [0.15, 0.2) is 0 Å². The van der Waals surface area contributed by atoms with E-state index < -0.39 is 12.0 Å². The summed E-state index contributed by atoms with van der Waals surface area (Å²) in [6, 6.07) is 9.31. The van der Waals surface area contributed by atoms with Crippen molar-refractivity contribution in [3.8, 4) is 0 Å². The number of rotatable bonds is 5. The lowest BCUT2D eigenvalue weighted by Crippen LogP contribution is -2.40. The van der Waals surface area contributed by atoms with Crippen molar-refractivity contribution in [1.29, 1.82) is 0 Å². The minimum atomic E-state index is -0.791. The molecule has 0 unspecified atom stereocenters. The van der Waals surface area contributed by atoms with Crippen molar-refractivity contribution < 1.29 is 9.90 Å².